The second-order valence-corrected chi connectivity index (χ2v) is 4.93. The van der Waals surface area contributed by atoms with Gasteiger partial charge in [0.05, 0.1) is 5.39 Å². The van der Waals surface area contributed by atoms with Crippen molar-refractivity contribution in [1.82, 2.24) is 0 Å². The monoisotopic (exact) mass is 283 g/mol. The summed E-state index contributed by atoms with van der Waals surface area (Å²) in [5.74, 6) is 5.80. The Morgan fingerprint density at radius 3 is 2.45 bits per heavy atom. The number of ketones is 1. The zero-order valence-electron chi connectivity index (χ0n) is 10.6. The molecule has 0 aliphatic heterocycles. The van der Waals surface area contributed by atoms with Crippen LogP contribution in [0.4, 0.5) is 0 Å². The van der Waals surface area contributed by atoms with Crippen LogP contribution in [0.15, 0.2) is 60.8 Å². The number of halogens is 1. The molecule has 0 spiro atoms. The lowest BCUT2D eigenvalue weighted by atomic mass is 10.0. The minimum atomic E-state index is -0.124. The van der Waals surface area contributed by atoms with Crippen molar-refractivity contribution >= 4 is 28.2 Å². The number of nitrogens with zero attached hydrogens (tertiary/aromatic N) is 1. The molecule has 0 saturated carbocycles. The topological polar surface area (TPSA) is 47.0 Å². The van der Waals surface area contributed by atoms with Crippen molar-refractivity contribution in [2.24, 2.45) is 0 Å². The van der Waals surface area contributed by atoms with Gasteiger partial charge in [-0.1, -0.05) is 34.5 Å². The van der Waals surface area contributed by atoms with Gasteiger partial charge < -0.3 is 0 Å². The van der Waals surface area contributed by atoms with Crippen molar-refractivity contribution in [1.29, 1.82) is 0 Å². The van der Waals surface area contributed by atoms with E-state index in [1.165, 1.54) is 4.68 Å². The number of rotatable bonds is 2. The van der Waals surface area contributed by atoms with Crippen LogP contribution in [0.3, 0.4) is 0 Å². The average molecular weight is 284 g/mol. The van der Waals surface area contributed by atoms with Crippen LogP contribution in [0.1, 0.15) is 16.1 Å². The van der Waals surface area contributed by atoms with Crippen LogP contribution in [0.2, 0.25) is 5.02 Å². The molecule has 2 N–H and O–H groups in total. The highest BCUT2D eigenvalue weighted by molar-refractivity contribution is 6.30. The number of hydrogen-bond acceptors (Lipinski definition) is 2. The van der Waals surface area contributed by atoms with Gasteiger partial charge in [0, 0.05) is 16.7 Å². The third-order valence-corrected chi connectivity index (χ3v) is 3.46. The Morgan fingerprint density at radius 2 is 1.70 bits per heavy atom. The van der Waals surface area contributed by atoms with E-state index in [2.05, 4.69) is 0 Å². The number of aromatic nitrogens is 1. The van der Waals surface area contributed by atoms with Gasteiger partial charge in [-0.15, -0.1) is 0 Å². The molecule has 1 aromatic heterocycles. The molecule has 3 nitrogen and oxygen atoms in total. The van der Waals surface area contributed by atoms with Gasteiger partial charge in [0.2, 0.25) is 6.20 Å². The second kappa shape index (κ2) is 4.94. The highest BCUT2D eigenvalue weighted by Crippen LogP contribution is 2.19. The van der Waals surface area contributed by atoms with Crippen molar-refractivity contribution in [2.45, 2.75) is 0 Å². The average Bonchev–Trinajstić information content (AvgIpc) is 2.47. The summed E-state index contributed by atoms with van der Waals surface area (Å²) in [6, 6.07) is 16.3. The fourth-order valence-electron chi connectivity index (χ4n) is 2.21. The summed E-state index contributed by atoms with van der Waals surface area (Å²) < 4.78 is 1.36. The number of pyridine rings is 1. The van der Waals surface area contributed by atoms with Gasteiger partial charge in [-0.25, -0.2) is 5.84 Å². The van der Waals surface area contributed by atoms with Crippen LogP contribution in [-0.4, -0.2) is 5.78 Å². The molecule has 3 aromatic rings. The lowest BCUT2D eigenvalue weighted by Gasteiger charge is -2.03. The molecule has 2 aromatic carbocycles. The molecule has 0 aliphatic rings. The van der Waals surface area contributed by atoms with E-state index in [1.807, 2.05) is 30.3 Å². The zero-order chi connectivity index (χ0) is 14.1. The number of fused-ring (bicyclic) bond motifs is 1. The Balaban J connectivity index is 2.21. The van der Waals surface area contributed by atoms with E-state index in [0.717, 1.165) is 10.8 Å². The fraction of sp³-hybridized carbons (Fsp3) is 0. The summed E-state index contributed by atoms with van der Waals surface area (Å²) >= 11 is 5.85. The van der Waals surface area contributed by atoms with Crippen LogP contribution in [-0.2, 0) is 0 Å². The molecule has 1 heterocycles. The van der Waals surface area contributed by atoms with E-state index in [9.17, 15) is 4.79 Å². The molecule has 20 heavy (non-hydrogen) atoms. The standard InChI is InChI=1S/C16H11ClN2O/c17-13-7-5-12(6-8-13)16(20)15-14-4-2-1-3-11(14)9-10-19(15)18/h1-10H,(H-,18,20)/p+1. The Labute approximate surface area is 121 Å². The van der Waals surface area contributed by atoms with Crippen LogP contribution < -0.4 is 10.5 Å². The first-order valence-electron chi connectivity index (χ1n) is 6.15. The summed E-state index contributed by atoms with van der Waals surface area (Å²) in [4.78, 5) is 12.6. The molecule has 0 atom stereocenters. The number of nitrogen functional groups attached to an aromatic ring is 1. The van der Waals surface area contributed by atoms with Crippen molar-refractivity contribution in [3.63, 3.8) is 0 Å². The molecular weight excluding hydrogens is 272 g/mol. The molecule has 0 saturated heterocycles. The normalized spacial score (nSPS) is 10.7. The Morgan fingerprint density at radius 1 is 1.00 bits per heavy atom. The lowest BCUT2D eigenvalue weighted by Crippen LogP contribution is -2.49. The SMILES string of the molecule is N[n+]1ccc2ccccc2c1C(=O)c1ccc(Cl)cc1. The first-order valence-corrected chi connectivity index (χ1v) is 6.53. The molecule has 98 valence electrons. The Bertz CT molecular complexity index is 797. The van der Waals surface area contributed by atoms with Gasteiger partial charge in [-0.3, -0.25) is 4.79 Å². The third-order valence-electron chi connectivity index (χ3n) is 3.21. The molecular formula is C16H12ClN2O+. The van der Waals surface area contributed by atoms with Gasteiger partial charge in [-0.2, -0.15) is 0 Å². The maximum atomic E-state index is 12.6. The van der Waals surface area contributed by atoms with Crippen LogP contribution in [0.5, 0.6) is 0 Å². The Kier molecular flexibility index (Phi) is 3.12. The largest absolute Gasteiger partial charge is 0.290 e. The van der Waals surface area contributed by atoms with Crippen molar-refractivity contribution in [3.8, 4) is 0 Å². The first kappa shape index (κ1) is 12.6. The van der Waals surface area contributed by atoms with Gasteiger partial charge in [-0.05, 0) is 35.7 Å². The van der Waals surface area contributed by atoms with Crippen LogP contribution in [0.25, 0.3) is 10.8 Å². The van der Waals surface area contributed by atoms with E-state index in [4.69, 9.17) is 17.4 Å². The van der Waals surface area contributed by atoms with Gasteiger partial charge >= 0.3 is 0 Å². The number of benzene rings is 2. The van der Waals surface area contributed by atoms with Crippen molar-refractivity contribution < 1.29 is 9.47 Å². The smallest absolute Gasteiger partial charge is 0.282 e. The number of hydrogen-bond donors (Lipinski definition) is 1. The quantitative estimate of drug-likeness (QED) is 0.447. The zero-order valence-corrected chi connectivity index (χ0v) is 11.3. The maximum Gasteiger partial charge on any atom is 0.290 e. The maximum absolute atomic E-state index is 12.6. The number of carbonyl (C=O) groups is 1. The van der Waals surface area contributed by atoms with Crippen molar-refractivity contribution in [2.75, 3.05) is 5.84 Å². The summed E-state index contributed by atoms with van der Waals surface area (Å²) in [5.41, 5.74) is 1.02. The summed E-state index contributed by atoms with van der Waals surface area (Å²) in [7, 11) is 0. The molecule has 0 bridgehead atoms. The van der Waals surface area contributed by atoms with Crippen molar-refractivity contribution in [3.05, 3.63) is 77.1 Å². The van der Waals surface area contributed by atoms with Crippen LogP contribution in [0, 0.1) is 0 Å². The third kappa shape index (κ3) is 2.12. The van der Waals surface area contributed by atoms with E-state index < -0.39 is 0 Å². The number of nitrogens with two attached hydrogens (primary N) is 1. The number of carbonyl (C=O) groups excluding carboxylic acids is 1. The molecule has 0 fully saturated rings. The molecule has 0 aliphatic carbocycles. The highest BCUT2D eigenvalue weighted by Gasteiger charge is 2.23. The lowest BCUT2D eigenvalue weighted by molar-refractivity contribution is -0.639. The predicted molar refractivity (Wildman–Crippen MR) is 79.2 cm³/mol. The van der Waals surface area contributed by atoms with E-state index in [0.29, 0.717) is 16.3 Å². The van der Waals surface area contributed by atoms with Gasteiger partial charge in [0.25, 0.3) is 11.5 Å². The van der Waals surface area contributed by atoms with E-state index in [1.54, 1.807) is 30.5 Å². The molecule has 0 radical (unpaired) electrons. The summed E-state index contributed by atoms with van der Waals surface area (Å²) in [6.45, 7) is 0. The molecule has 0 amide bonds. The van der Waals surface area contributed by atoms with Gasteiger partial charge in [0.15, 0.2) is 0 Å². The minimum Gasteiger partial charge on any atom is -0.282 e. The molecule has 0 unspecified atom stereocenters. The summed E-state index contributed by atoms with van der Waals surface area (Å²) in [6.07, 6.45) is 1.69. The summed E-state index contributed by atoms with van der Waals surface area (Å²) in [5, 5.41) is 2.41. The van der Waals surface area contributed by atoms with Gasteiger partial charge in [0.1, 0.15) is 0 Å². The molecule has 3 rings (SSSR count). The predicted octanol–water partition coefficient (Wildman–Crippen LogP) is 2.73. The van der Waals surface area contributed by atoms with E-state index in [-0.39, 0.29) is 5.78 Å². The second-order valence-electron chi connectivity index (χ2n) is 4.49. The molecule has 4 heteroatoms. The Hall–Kier alpha value is -2.39. The van der Waals surface area contributed by atoms with Crippen LogP contribution >= 0.6 is 11.6 Å². The van der Waals surface area contributed by atoms with E-state index >= 15 is 0 Å². The fourth-order valence-corrected chi connectivity index (χ4v) is 2.34. The highest BCUT2D eigenvalue weighted by atomic mass is 35.5. The first-order chi connectivity index (χ1) is 9.66. The minimum absolute atomic E-state index is 0.124.